The highest BCUT2D eigenvalue weighted by molar-refractivity contribution is 5.80. The zero-order valence-electron chi connectivity index (χ0n) is 11.4. The molecule has 1 saturated heterocycles. The van der Waals surface area contributed by atoms with Crippen LogP contribution in [0.15, 0.2) is 24.3 Å². The van der Waals surface area contributed by atoms with Crippen LogP contribution in [0, 0.1) is 0 Å². The number of amides is 1. The molecule has 1 atom stereocenters. The lowest BCUT2D eigenvalue weighted by Gasteiger charge is -2.25. The Labute approximate surface area is 124 Å². The monoisotopic (exact) mass is 316 g/mol. The van der Waals surface area contributed by atoms with Crippen LogP contribution in [-0.2, 0) is 22.3 Å². The van der Waals surface area contributed by atoms with Gasteiger partial charge in [0.2, 0.25) is 0 Å². The van der Waals surface area contributed by atoms with Crippen molar-refractivity contribution in [1.29, 1.82) is 0 Å². The highest BCUT2D eigenvalue weighted by atomic mass is 19.4. The number of ether oxygens (including phenoxy) is 1. The van der Waals surface area contributed by atoms with Crippen LogP contribution in [0.1, 0.15) is 24.0 Å². The fourth-order valence-corrected chi connectivity index (χ4v) is 2.27. The van der Waals surface area contributed by atoms with E-state index in [1.54, 1.807) is 0 Å². The van der Waals surface area contributed by atoms with Crippen molar-refractivity contribution in [3.8, 4) is 0 Å². The molecule has 0 aliphatic carbocycles. The Bertz CT molecular complexity index is 556. The highest BCUT2D eigenvalue weighted by Gasteiger charge is 2.32. The van der Waals surface area contributed by atoms with E-state index in [9.17, 15) is 27.9 Å². The number of benzene rings is 1. The molecule has 1 aliphatic rings. The summed E-state index contributed by atoms with van der Waals surface area (Å²) in [6, 6.07) is 3.31. The zero-order chi connectivity index (χ0) is 16.3. The molecule has 0 saturated carbocycles. The van der Waals surface area contributed by atoms with Gasteiger partial charge in [-0.05, 0) is 30.5 Å². The predicted molar refractivity (Wildman–Crippen MR) is 66.4 cm³/mol. The van der Waals surface area contributed by atoms with Crippen molar-refractivity contribution in [3.63, 3.8) is 0 Å². The average Bonchev–Trinajstić information content (AvgIpc) is 2.94. The van der Waals surface area contributed by atoms with E-state index in [0.29, 0.717) is 18.4 Å². The summed E-state index contributed by atoms with van der Waals surface area (Å²) in [5.41, 5.74) is -0.402. The molecule has 120 valence electrons. The van der Waals surface area contributed by atoms with Gasteiger partial charge in [-0.25, -0.2) is 4.79 Å². The predicted octanol–water partition coefficient (Wildman–Crippen LogP) is 1.56. The van der Waals surface area contributed by atoms with Crippen LogP contribution in [0.2, 0.25) is 0 Å². The van der Waals surface area contributed by atoms with Gasteiger partial charge in [-0.2, -0.15) is 13.2 Å². The zero-order valence-corrected chi connectivity index (χ0v) is 11.4. The van der Waals surface area contributed by atoms with Gasteiger partial charge < -0.3 is 19.5 Å². The molecule has 0 bridgehead atoms. The fourth-order valence-electron chi connectivity index (χ4n) is 2.27. The first-order valence-corrected chi connectivity index (χ1v) is 6.59. The van der Waals surface area contributed by atoms with Crippen LogP contribution in [0.3, 0.4) is 0 Å². The van der Waals surface area contributed by atoms with Gasteiger partial charge in [0.1, 0.15) is 18.7 Å². The molecule has 0 spiro atoms. The smallest absolute Gasteiger partial charge is 0.416 e. The highest BCUT2D eigenvalue weighted by Crippen LogP contribution is 2.29. The quantitative estimate of drug-likeness (QED) is 0.794. The molecular formula is C14H13F3NO4-. The summed E-state index contributed by atoms with van der Waals surface area (Å²) >= 11 is 0. The molecule has 1 unspecified atom stereocenters. The van der Waals surface area contributed by atoms with Gasteiger partial charge in [-0.15, -0.1) is 0 Å². The van der Waals surface area contributed by atoms with E-state index in [0.717, 1.165) is 17.0 Å². The van der Waals surface area contributed by atoms with Crippen LogP contribution in [0.5, 0.6) is 0 Å². The number of halogens is 3. The van der Waals surface area contributed by atoms with E-state index in [1.165, 1.54) is 12.1 Å². The number of nitrogens with zero attached hydrogens (tertiary/aromatic N) is 1. The minimum Gasteiger partial charge on any atom is -0.530 e. The minimum atomic E-state index is -4.42. The van der Waals surface area contributed by atoms with Crippen molar-refractivity contribution in [2.24, 2.45) is 0 Å². The summed E-state index contributed by atoms with van der Waals surface area (Å²) in [4.78, 5) is 23.5. The molecule has 22 heavy (non-hydrogen) atoms. The number of likely N-dealkylation sites (tertiary alicyclic amines) is 1. The van der Waals surface area contributed by atoms with Crippen molar-refractivity contribution in [1.82, 2.24) is 4.90 Å². The van der Waals surface area contributed by atoms with E-state index >= 15 is 0 Å². The van der Waals surface area contributed by atoms with Gasteiger partial charge in [0.15, 0.2) is 0 Å². The fraction of sp³-hybridized carbons (Fsp3) is 0.429. The Morgan fingerprint density at radius 3 is 2.45 bits per heavy atom. The number of alkyl halides is 3. The van der Waals surface area contributed by atoms with E-state index in [4.69, 9.17) is 4.74 Å². The lowest BCUT2D eigenvalue weighted by atomic mass is 10.1. The van der Waals surface area contributed by atoms with Crippen LogP contribution < -0.4 is 5.11 Å². The number of rotatable bonds is 3. The number of esters is 1. The summed E-state index contributed by atoms with van der Waals surface area (Å²) in [6.07, 6.45) is -4.98. The molecule has 1 fully saturated rings. The minimum absolute atomic E-state index is 0.211. The van der Waals surface area contributed by atoms with Crippen molar-refractivity contribution in [3.05, 3.63) is 35.4 Å². The molecule has 0 aromatic heterocycles. The Morgan fingerprint density at radius 2 is 1.91 bits per heavy atom. The molecule has 1 aromatic carbocycles. The van der Waals surface area contributed by atoms with Crippen LogP contribution in [-0.4, -0.2) is 29.5 Å². The second kappa shape index (κ2) is 6.25. The first kappa shape index (κ1) is 16.1. The third-order valence-electron chi connectivity index (χ3n) is 3.42. The Kier molecular flexibility index (Phi) is 4.58. The normalized spacial score (nSPS) is 18.3. The third kappa shape index (κ3) is 3.69. The standard InChI is InChI=1S/C14H14F3NO4/c15-14(16,17)10-5-3-9(4-6-10)8-22-12(19)11-2-1-7-18(11)13(20)21/h3-6,11H,1-2,7-8H2,(H,20,21)/p-1. The number of hydrogen-bond acceptors (Lipinski definition) is 4. The van der Waals surface area contributed by atoms with Crippen molar-refractivity contribution < 1.29 is 32.6 Å². The molecule has 1 aromatic rings. The number of carbonyl (C=O) groups is 2. The van der Waals surface area contributed by atoms with E-state index in [1.807, 2.05) is 0 Å². The molecule has 1 aliphatic heterocycles. The van der Waals surface area contributed by atoms with E-state index in [2.05, 4.69) is 0 Å². The summed E-state index contributed by atoms with van der Waals surface area (Å²) in [6.45, 7) is -0.00324. The van der Waals surface area contributed by atoms with Gasteiger partial charge in [0.25, 0.3) is 0 Å². The van der Waals surface area contributed by atoms with Crippen molar-refractivity contribution in [2.45, 2.75) is 31.7 Å². The summed E-state index contributed by atoms with van der Waals surface area (Å²) in [5.74, 6) is -0.721. The van der Waals surface area contributed by atoms with Gasteiger partial charge in [0, 0.05) is 6.54 Å². The number of hydrogen-bond donors (Lipinski definition) is 0. The van der Waals surface area contributed by atoms with Gasteiger partial charge in [-0.3, -0.25) is 0 Å². The Morgan fingerprint density at radius 1 is 1.27 bits per heavy atom. The van der Waals surface area contributed by atoms with E-state index < -0.39 is 29.8 Å². The summed E-state index contributed by atoms with van der Waals surface area (Å²) in [7, 11) is 0. The SMILES string of the molecule is O=C(OCc1ccc(C(F)(F)F)cc1)C1CCCN1C(=O)[O-]. The number of carbonyl (C=O) groups excluding carboxylic acids is 2. The van der Waals surface area contributed by atoms with Crippen molar-refractivity contribution >= 4 is 12.1 Å². The molecule has 0 radical (unpaired) electrons. The topological polar surface area (TPSA) is 69.7 Å². The number of carboxylic acid groups (broad SMARTS) is 1. The van der Waals surface area contributed by atoms with Crippen LogP contribution in [0.25, 0.3) is 0 Å². The van der Waals surface area contributed by atoms with Crippen LogP contribution in [0.4, 0.5) is 18.0 Å². The largest absolute Gasteiger partial charge is 0.530 e. The molecule has 8 heteroatoms. The van der Waals surface area contributed by atoms with E-state index in [-0.39, 0.29) is 13.2 Å². The molecule has 0 N–H and O–H groups in total. The second-order valence-corrected chi connectivity index (χ2v) is 4.92. The average molecular weight is 316 g/mol. The van der Waals surface area contributed by atoms with Gasteiger partial charge in [0.05, 0.1) is 5.56 Å². The molecule has 1 amide bonds. The molecule has 1 heterocycles. The summed E-state index contributed by atoms with van der Waals surface area (Å²) < 4.78 is 42.2. The maximum atomic E-state index is 12.4. The summed E-state index contributed by atoms with van der Waals surface area (Å²) in [5, 5.41) is 10.8. The maximum Gasteiger partial charge on any atom is 0.416 e. The lowest BCUT2D eigenvalue weighted by molar-refractivity contribution is -0.266. The maximum absolute atomic E-state index is 12.4. The third-order valence-corrected chi connectivity index (χ3v) is 3.42. The Hall–Kier alpha value is -2.25. The van der Waals surface area contributed by atoms with Crippen LogP contribution >= 0.6 is 0 Å². The Balaban J connectivity index is 1.92. The molecule has 2 rings (SSSR count). The van der Waals surface area contributed by atoms with Gasteiger partial charge >= 0.3 is 12.1 Å². The molecule has 5 nitrogen and oxygen atoms in total. The van der Waals surface area contributed by atoms with Crippen molar-refractivity contribution in [2.75, 3.05) is 6.54 Å². The van der Waals surface area contributed by atoms with Gasteiger partial charge in [-0.1, -0.05) is 12.1 Å². The first-order valence-electron chi connectivity index (χ1n) is 6.59. The lowest BCUT2D eigenvalue weighted by Crippen LogP contribution is -2.47. The first-order chi connectivity index (χ1) is 10.3. The molecular weight excluding hydrogens is 303 g/mol. The second-order valence-electron chi connectivity index (χ2n) is 4.92.